The predicted octanol–water partition coefficient (Wildman–Crippen LogP) is 0.751. The molecule has 16 heavy (non-hydrogen) atoms. The SMILES string of the molecule is CCC1CN(C(=O)C(C)(N)C2CC2)CCO1. The van der Waals surface area contributed by atoms with Crippen LogP contribution in [0.4, 0.5) is 0 Å². The van der Waals surface area contributed by atoms with Crippen LogP contribution in [0.25, 0.3) is 0 Å². The molecule has 0 spiro atoms. The van der Waals surface area contributed by atoms with Crippen LogP contribution in [0.2, 0.25) is 0 Å². The topological polar surface area (TPSA) is 55.6 Å². The van der Waals surface area contributed by atoms with Crippen LogP contribution in [-0.4, -0.2) is 42.1 Å². The van der Waals surface area contributed by atoms with Crippen LogP contribution < -0.4 is 5.73 Å². The zero-order chi connectivity index (χ0) is 11.8. The summed E-state index contributed by atoms with van der Waals surface area (Å²) in [4.78, 5) is 14.2. The van der Waals surface area contributed by atoms with Crippen molar-refractivity contribution in [1.29, 1.82) is 0 Å². The number of carbonyl (C=O) groups is 1. The minimum Gasteiger partial charge on any atom is -0.375 e. The average molecular weight is 226 g/mol. The van der Waals surface area contributed by atoms with Crippen molar-refractivity contribution in [3.05, 3.63) is 0 Å². The van der Waals surface area contributed by atoms with Gasteiger partial charge in [-0.2, -0.15) is 0 Å². The van der Waals surface area contributed by atoms with E-state index in [2.05, 4.69) is 6.92 Å². The molecular weight excluding hydrogens is 204 g/mol. The number of ether oxygens (including phenoxy) is 1. The van der Waals surface area contributed by atoms with Crippen molar-refractivity contribution >= 4 is 5.91 Å². The third-order valence-electron chi connectivity index (χ3n) is 3.77. The summed E-state index contributed by atoms with van der Waals surface area (Å²) in [5.74, 6) is 0.500. The highest BCUT2D eigenvalue weighted by Gasteiger charge is 2.46. The Labute approximate surface area is 97.1 Å². The Bertz CT molecular complexity index is 274. The molecule has 1 saturated heterocycles. The van der Waals surface area contributed by atoms with Gasteiger partial charge in [-0.1, -0.05) is 6.92 Å². The van der Waals surface area contributed by atoms with Crippen molar-refractivity contribution in [2.75, 3.05) is 19.7 Å². The van der Waals surface area contributed by atoms with Gasteiger partial charge in [0, 0.05) is 13.1 Å². The van der Waals surface area contributed by atoms with Gasteiger partial charge in [0.15, 0.2) is 0 Å². The second kappa shape index (κ2) is 4.34. The maximum Gasteiger partial charge on any atom is 0.242 e. The highest BCUT2D eigenvalue weighted by molar-refractivity contribution is 5.86. The molecular formula is C12H22N2O2. The molecule has 0 aromatic rings. The van der Waals surface area contributed by atoms with E-state index in [9.17, 15) is 4.79 Å². The van der Waals surface area contributed by atoms with E-state index in [1.165, 1.54) is 0 Å². The van der Waals surface area contributed by atoms with E-state index in [0.29, 0.717) is 25.6 Å². The zero-order valence-electron chi connectivity index (χ0n) is 10.2. The first-order chi connectivity index (χ1) is 7.55. The minimum atomic E-state index is -0.657. The van der Waals surface area contributed by atoms with Gasteiger partial charge in [-0.3, -0.25) is 4.79 Å². The maximum absolute atomic E-state index is 12.3. The highest BCUT2D eigenvalue weighted by Crippen LogP contribution is 2.39. The van der Waals surface area contributed by atoms with Crippen molar-refractivity contribution in [2.45, 2.75) is 44.8 Å². The number of morpholine rings is 1. The van der Waals surface area contributed by atoms with Crippen LogP contribution in [0.5, 0.6) is 0 Å². The summed E-state index contributed by atoms with van der Waals surface area (Å²) in [7, 11) is 0. The number of carbonyl (C=O) groups excluding carboxylic acids is 1. The molecule has 92 valence electrons. The molecule has 1 amide bonds. The second-order valence-corrected chi connectivity index (χ2v) is 5.21. The molecule has 1 aliphatic heterocycles. The van der Waals surface area contributed by atoms with Gasteiger partial charge in [0.2, 0.25) is 5.91 Å². The first kappa shape index (κ1) is 11.9. The summed E-state index contributed by atoms with van der Waals surface area (Å²) in [5.41, 5.74) is 5.49. The highest BCUT2D eigenvalue weighted by atomic mass is 16.5. The molecule has 2 unspecified atom stereocenters. The number of amides is 1. The smallest absolute Gasteiger partial charge is 0.242 e. The summed E-state index contributed by atoms with van der Waals surface area (Å²) in [5, 5.41) is 0. The molecule has 0 aromatic carbocycles. The van der Waals surface area contributed by atoms with Gasteiger partial charge >= 0.3 is 0 Å². The van der Waals surface area contributed by atoms with Crippen LogP contribution >= 0.6 is 0 Å². The first-order valence-corrected chi connectivity index (χ1v) is 6.25. The van der Waals surface area contributed by atoms with Crippen molar-refractivity contribution in [3.63, 3.8) is 0 Å². The van der Waals surface area contributed by atoms with Gasteiger partial charge in [-0.15, -0.1) is 0 Å². The molecule has 2 atom stereocenters. The number of rotatable bonds is 3. The Morgan fingerprint density at radius 1 is 1.56 bits per heavy atom. The molecule has 1 aliphatic carbocycles. The fraction of sp³-hybridized carbons (Fsp3) is 0.917. The van der Waals surface area contributed by atoms with E-state index in [1.807, 2.05) is 11.8 Å². The van der Waals surface area contributed by atoms with Gasteiger partial charge in [0.1, 0.15) is 0 Å². The molecule has 0 bridgehead atoms. The van der Waals surface area contributed by atoms with Crippen molar-refractivity contribution in [1.82, 2.24) is 4.90 Å². The van der Waals surface area contributed by atoms with E-state index in [4.69, 9.17) is 10.5 Å². The summed E-state index contributed by atoms with van der Waals surface area (Å²) < 4.78 is 5.56. The fourth-order valence-electron chi connectivity index (χ4n) is 2.35. The third-order valence-corrected chi connectivity index (χ3v) is 3.77. The Balaban J connectivity index is 1.98. The summed E-state index contributed by atoms with van der Waals surface area (Å²) in [6.07, 6.45) is 3.34. The van der Waals surface area contributed by atoms with Crippen LogP contribution in [0.3, 0.4) is 0 Å². The molecule has 0 aromatic heterocycles. The summed E-state index contributed by atoms with van der Waals surface area (Å²) in [6.45, 7) is 6.00. The van der Waals surface area contributed by atoms with Crippen LogP contribution in [0, 0.1) is 5.92 Å². The molecule has 1 saturated carbocycles. The molecule has 2 rings (SSSR count). The van der Waals surface area contributed by atoms with Crippen LogP contribution in [0.1, 0.15) is 33.1 Å². The average Bonchev–Trinajstić information content (AvgIpc) is 3.12. The van der Waals surface area contributed by atoms with Crippen molar-refractivity contribution < 1.29 is 9.53 Å². The third kappa shape index (κ3) is 2.23. The Hall–Kier alpha value is -0.610. The quantitative estimate of drug-likeness (QED) is 0.772. The van der Waals surface area contributed by atoms with E-state index in [1.54, 1.807) is 0 Å². The van der Waals surface area contributed by atoms with Crippen molar-refractivity contribution in [3.8, 4) is 0 Å². The summed E-state index contributed by atoms with van der Waals surface area (Å²) in [6, 6.07) is 0. The number of nitrogens with zero attached hydrogens (tertiary/aromatic N) is 1. The Morgan fingerprint density at radius 3 is 2.81 bits per heavy atom. The molecule has 2 aliphatic rings. The molecule has 0 radical (unpaired) electrons. The second-order valence-electron chi connectivity index (χ2n) is 5.21. The number of hydrogen-bond acceptors (Lipinski definition) is 3. The zero-order valence-corrected chi connectivity index (χ0v) is 10.2. The van der Waals surface area contributed by atoms with Gasteiger partial charge < -0.3 is 15.4 Å². The van der Waals surface area contributed by atoms with Crippen LogP contribution in [-0.2, 0) is 9.53 Å². The standard InChI is InChI=1S/C12H22N2O2/c1-3-10-8-14(6-7-16-10)11(15)12(2,13)9-4-5-9/h9-10H,3-8,13H2,1-2H3. The maximum atomic E-state index is 12.3. The van der Waals surface area contributed by atoms with E-state index in [-0.39, 0.29) is 12.0 Å². The minimum absolute atomic E-state index is 0.108. The lowest BCUT2D eigenvalue weighted by molar-refractivity contribution is -0.144. The largest absolute Gasteiger partial charge is 0.375 e. The summed E-state index contributed by atoms with van der Waals surface area (Å²) >= 11 is 0. The Kier molecular flexibility index (Phi) is 3.22. The van der Waals surface area contributed by atoms with E-state index < -0.39 is 5.54 Å². The monoisotopic (exact) mass is 226 g/mol. The van der Waals surface area contributed by atoms with Gasteiger partial charge in [-0.05, 0) is 32.1 Å². The molecule has 4 heteroatoms. The normalized spacial score (nSPS) is 29.9. The van der Waals surface area contributed by atoms with Gasteiger partial charge in [-0.25, -0.2) is 0 Å². The van der Waals surface area contributed by atoms with E-state index >= 15 is 0 Å². The number of hydrogen-bond donors (Lipinski definition) is 1. The Morgan fingerprint density at radius 2 is 2.25 bits per heavy atom. The fourth-order valence-corrected chi connectivity index (χ4v) is 2.35. The lowest BCUT2D eigenvalue weighted by Crippen LogP contribution is -2.58. The first-order valence-electron chi connectivity index (χ1n) is 6.25. The molecule has 2 fully saturated rings. The lowest BCUT2D eigenvalue weighted by atomic mass is 9.95. The van der Waals surface area contributed by atoms with Crippen molar-refractivity contribution in [2.24, 2.45) is 11.7 Å². The lowest BCUT2D eigenvalue weighted by Gasteiger charge is -2.37. The molecule has 1 heterocycles. The number of nitrogens with two attached hydrogens (primary N) is 1. The van der Waals surface area contributed by atoms with E-state index in [0.717, 1.165) is 19.3 Å². The molecule has 2 N–H and O–H groups in total. The predicted molar refractivity (Wildman–Crippen MR) is 61.9 cm³/mol. The molecule has 4 nitrogen and oxygen atoms in total. The van der Waals surface area contributed by atoms with Gasteiger partial charge in [0.25, 0.3) is 0 Å². The van der Waals surface area contributed by atoms with Gasteiger partial charge in [0.05, 0.1) is 18.2 Å². The van der Waals surface area contributed by atoms with Crippen LogP contribution in [0.15, 0.2) is 0 Å².